The van der Waals surface area contributed by atoms with Crippen molar-refractivity contribution in [2.75, 3.05) is 11.0 Å². The summed E-state index contributed by atoms with van der Waals surface area (Å²) < 4.78 is 30.6. The summed E-state index contributed by atoms with van der Waals surface area (Å²) in [7, 11) is -3.42. The molecule has 1 heterocycles. The molecule has 0 aliphatic heterocycles. The Labute approximate surface area is 131 Å². The largest absolute Gasteiger partial charge is 0.335 e. The van der Waals surface area contributed by atoms with Crippen LogP contribution in [0, 0.1) is 0 Å². The number of nitrogens with zero attached hydrogens (tertiary/aromatic N) is 2. The second-order valence-corrected chi connectivity index (χ2v) is 7.90. The number of rotatable bonds is 4. The summed E-state index contributed by atoms with van der Waals surface area (Å²) in [5, 5.41) is 3.97. The molecule has 0 atom stereocenters. The normalized spacial score (nSPS) is 17.2. The predicted molar refractivity (Wildman–Crippen MR) is 81.5 cm³/mol. The highest BCUT2D eigenvalue weighted by Crippen LogP contribution is 2.48. The third-order valence-corrected chi connectivity index (χ3v) is 4.80. The van der Waals surface area contributed by atoms with Gasteiger partial charge in [0, 0.05) is 4.47 Å². The topological polar surface area (TPSA) is 85.1 Å². The monoisotopic (exact) mass is 371 g/mol. The van der Waals surface area contributed by atoms with E-state index in [1.165, 1.54) is 0 Å². The van der Waals surface area contributed by atoms with Crippen LogP contribution in [0.25, 0.3) is 0 Å². The van der Waals surface area contributed by atoms with Crippen molar-refractivity contribution in [3.8, 4) is 0 Å². The summed E-state index contributed by atoms with van der Waals surface area (Å²) in [6, 6.07) is 7.93. The lowest BCUT2D eigenvalue weighted by atomic mass is 9.64. The highest BCUT2D eigenvalue weighted by molar-refractivity contribution is 9.10. The van der Waals surface area contributed by atoms with Crippen molar-refractivity contribution in [3.63, 3.8) is 0 Å². The van der Waals surface area contributed by atoms with Crippen LogP contribution in [-0.4, -0.2) is 24.8 Å². The fraction of sp³-hybridized carbons (Fsp3) is 0.385. The van der Waals surface area contributed by atoms with Gasteiger partial charge in [0.05, 0.1) is 11.7 Å². The lowest BCUT2D eigenvalue weighted by molar-refractivity contribution is 0.273. The molecule has 21 heavy (non-hydrogen) atoms. The molecule has 1 N–H and O–H groups in total. The fourth-order valence-electron chi connectivity index (χ4n) is 2.56. The van der Waals surface area contributed by atoms with Gasteiger partial charge in [-0.2, -0.15) is 4.98 Å². The molecule has 1 fully saturated rings. The number of sulfonamides is 1. The van der Waals surface area contributed by atoms with E-state index in [-0.39, 0.29) is 11.4 Å². The smallest absolute Gasteiger partial charge is 0.314 e. The number of hydrogen-bond donors (Lipinski definition) is 1. The maximum Gasteiger partial charge on any atom is 0.335 e. The van der Waals surface area contributed by atoms with Crippen LogP contribution in [0.1, 0.15) is 30.7 Å². The van der Waals surface area contributed by atoms with Crippen molar-refractivity contribution in [2.45, 2.75) is 24.7 Å². The molecule has 8 heteroatoms. The predicted octanol–water partition coefficient (Wildman–Crippen LogP) is 2.67. The van der Waals surface area contributed by atoms with E-state index in [2.05, 4.69) is 30.8 Å². The number of hydrogen-bond acceptors (Lipinski definition) is 5. The molecular weight excluding hydrogens is 358 g/mol. The Kier molecular flexibility index (Phi) is 3.53. The first-order chi connectivity index (χ1) is 9.89. The minimum atomic E-state index is -3.42. The standard InChI is InChI=1S/C13H14BrN3O3S/c1-21(18,19)17-12-15-11(16-20-12)13(7-2-8-13)9-3-5-10(14)6-4-9/h3-6H,2,7-8H2,1H3,(H,15,16,17). The van der Waals surface area contributed by atoms with Gasteiger partial charge in [0.15, 0.2) is 5.82 Å². The summed E-state index contributed by atoms with van der Waals surface area (Å²) in [5.74, 6) is 0.530. The molecule has 0 bridgehead atoms. The van der Waals surface area contributed by atoms with Crippen LogP contribution in [0.5, 0.6) is 0 Å². The molecular formula is C13H14BrN3O3S. The van der Waals surface area contributed by atoms with Crippen LogP contribution in [0.4, 0.5) is 6.01 Å². The van der Waals surface area contributed by atoms with Crippen LogP contribution in [0.2, 0.25) is 0 Å². The van der Waals surface area contributed by atoms with Crippen molar-refractivity contribution in [2.24, 2.45) is 0 Å². The first-order valence-corrected chi connectivity index (χ1v) is 9.16. The van der Waals surface area contributed by atoms with Gasteiger partial charge in [-0.1, -0.05) is 39.6 Å². The Bertz CT molecular complexity index is 751. The van der Waals surface area contributed by atoms with E-state index in [0.717, 1.165) is 35.6 Å². The fourth-order valence-corrected chi connectivity index (χ4v) is 3.22. The van der Waals surface area contributed by atoms with Crippen molar-refractivity contribution in [1.29, 1.82) is 0 Å². The Balaban J connectivity index is 1.95. The first-order valence-electron chi connectivity index (χ1n) is 6.47. The van der Waals surface area contributed by atoms with Gasteiger partial charge in [-0.05, 0) is 30.5 Å². The van der Waals surface area contributed by atoms with Gasteiger partial charge in [-0.15, -0.1) is 0 Å². The Morgan fingerprint density at radius 2 is 1.95 bits per heavy atom. The third-order valence-electron chi connectivity index (χ3n) is 3.73. The van der Waals surface area contributed by atoms with Crippen molar-refractivity contribution >= 4 is 32.0 Å². The number of aromatic nitrogens is 2. The highest BCUT2D eigenvalue weighted by atomic mass is 79.9. The maximum atomic E-state index is 11.2. The minimum absolute atomic E-state index is 0.0871. The van der Waals surface area contributed by atoms with E-state index < -0.39 is 10.0 Å². The van der Waals surface area contributed by atoms with E-state index in [4.69, 9.17) is 4.52 Å². The van der Waals surface area contributed by atoms with Gasteiger partial charge in [0.1, 0.15) is 0 Å². The summed E-state index contributed by atoms with van der Waals surface area (Å²) in [5.41, 5.74) is 0.838. The average Bonchev–Trinajstić information content (AvgIpc) is 2.76. The Hall–Kier alpha value is -1.41. The highest BCUT2D eigenvalue weighted by Gasteiger charge is 2.44. The molecule has 0 radical (unpaired) electrons. The zero-order valence-electron chi connectivity index (χ0n) is 11.3. The van der Waals surface area contributed by atoms with Crippen molar-refractivity contribution in [1.82, 2.24) is 10.1 Å². The minimum Gasteiger partial charge on any atom is -0.314 e. The van der Waals surface area contributed by atoms with Crippen molar-refractivity contribution < 1.29 is 12.9 Å². The summed E-state index contributed by atoms with van der Waals surface area (Å²) >= 11 is 3.42. The molecule has 6 nitrogen and oxygen atoms in total. The molecule has 1 aromatic heterocycles. The second-order valence-electron chi connectivity index (χ2n) is 5.24. The van der Waals surface area contributed by atoms with Gasteiger partial charge < -0.3 is 4.52 Å². The summed E-state index contributed by atoms with van der Waals surface area (Å²) in [6.07, 6.45) is 3.98. The lowest BCUT2D eigenvalue weighted by Gasteiger charge is -2.39. The molecule has 2 aromatic rings. The van der Waals surface area contributed by atoms with Gasteiger partial charge in [0.25, 0.3) is 0 Å². The van der Waals surface area contributed by atoms with Crippen LogP contribution >= 0.6 is 15.9 Å². The van der Waals surface area contributed by atoms with Crippen LogP contribution in [-0.2, 0) is 15.4 Å². The van der Waals surface area contributed by atoms with Gasteiger partial charge >= 0.3 is 6.01 Å². The van der Waals surface area contributed by atoms with E-state index in [0.29, 0.717) is 5.82 Å². The molecule has 1 aliphatic carbocycles. The van der Waals surface area contributed by atoms with E-state index in [1.54, 1.807) is 0 Å². The molecule has 0 saturated heterocycles. The number of nitrogens with one attached hydrogen (secondary N) is 1. The molecule has 1 aliphatic rings. The van der Waals surface area contributed by atoms with Gasteiger partial charge in [0.2, 0.25) is 10.0 Å². The molecule has 3 rings (SSSR count). The average molecular weight is 372 g/mol. The Morgan fingerprint density at radius 3 is 2.48 bits per heavy atom. The van der Waals surface area contributed by atoms with Crippen LogP contribution < -0.4 is 4.72 Å². The third kappa shape index (κ3) is 2.82. The quantitative estimate of drug-likeness (QED) is 0.892. The summed E-state index contributed by atoms with van der Waals surface area (Å²) in [4.78, 5) is 4.21. The first kappa shape index (κ1) is 14.5. The second kappa shape index (κ2) is 5.10. The van der Waals surface area contributed by atoms with E-state index >= 15 is 0 Å². The van der Waals surface area contributed by atoms with Gasteiger partial charge in [-0.25, -0.2) is 13.1 Å². The van der Waals surface area contributed by atoms with Crippen LogP contribution in [0.3, 0.4) is 0 Å². The SMILES string of the molecule is CS(=O)(=O)Nc1nc(C2(c3ccc(Br)cc3)CCC2)no1. The van der Waals surface area contributed by atoms with E-state index in [1.807, 2.05) is 24.3 Å². The zero-order valence-corrected chi connectivity index (χ0v) is 13.7. The molecule has 1 aromatic carbocycles. The summed E-state index contributed by atoms with van der Waals surface area (Å²) in [6.45, 7) is 0. The molecule has 0 spiro atoms. The molecule has 1 saturated carbocycles. The number of benzene rings is 1. The van der Waals surface area contributed by atoms with Crippen LogP contribution in [0.15, 0.2) is 33.3 Å². The van der Waals surface area contributed by atoms with Gasteiger partial charge in [-0.3, -0.25) is 0 Å². The number of anilines is 1. The molecule has 0 amide bonds. The molecule has 0 unspecified atom stereocenters. The zero-order chi connectivity index (χ0) is 15.1. The van der Waals surface area contributed by atoms with Crippen molar-refractivity contribution in [3.05, 3.63) is 40.1 Å². The number of halogens is 1. The van der Waals surface area contributed by atoms with E-state index in [9.17, 15) is 8.42 Å². The Morgan fingerprint density at radius 1 is 1.29 bits per heavy atom. The maximum absolute atomic E-state index is 11.2. The lowest BCUT2D eigenvalue weighted by Crippen LogP contribution is -2.36. The molecule has 112 valence electrons.